The standard InChI is InChI=1S/C20H33N7/c1-16-24-18-8-5-6-9-19(18)27(16)11-7-10-22-20(21-2)23-14-17-15-25(3)12-13-26(17)4/h5-6,8-9,17H,7,10-15H2,1-4H3,(H2,21,22,23). The van der Waals surface area contributed by atoms with Crippen molar-refractivity contribution in [3.8, 4) is 0 Å². The number of nitrogens with zero attached hydrogens (tertiary/aromatic N) is 5. The van der Waals surface area contributed by atoms with Crippen LogP contribution in [0.1, 0.15) is 12.2 Å². The fraction of sp³-hybridized carbons (Fsp3) is 0.600. The third kappa shape index (κ3) is 4.99. The Bertz CT molecular complexity index is 767. The van der Waals surface area contributed by atoms with Crippen molar-refractivity contribution in [1.29, 1.82) is 0 Å². The summed E-state index contributed by atoms with van der Waals surface area (Å²) in [4.78, 5) is 13.8. The zero-order valence-corrected chi connectivity index (χ0v) is 17.1. The van der Waals surface area contributed by atoms with Crippen LogP contribution >= 0.6 is 0 Å². The number of guanidine groups is 1. The van der Waals surface area contributed by atoms with Crippen molar-refractivity contribution in [1.82, 2.24) is 30.0 Å². The normalized spacial score (nSPS) is 19.6. The molecule has 1 unspecified atom stereocenters. The van der Waals surface area contributed by atoms with Gasteiger partial charge in [0.15, 0.2) is 5.96 Å². The van der Waals surface area contributed by atoms with E-state index >= 15 is 0 Å². The number of aromatic nitrogens is 2. The summed E-state index contributed by atoms with van der Waals surface area (Å²) in [6.45, 7) is 8.17. The van der Waals surface area contributed by atoms with E-state index in [9.17, 15) is 0 Å². The van der Waals surface area contributed by atoms with E-state index in [0.717, 1.165) is 63.0 Å². The molecule has 0 bridgehead atoms. The van der Waals surface area contributed by atoms with Crippen molar-refractivity contribution in [2.45, 2.75) is 25.9 Å². The average molecular weight is 372 g/mol. The summed E-state index contributed by atoms with van der Waals surface area (Å²) in [6, 6.07) is 8.84. The van der Waals surface area contributed by atoms with E-state index in [-0.39, 0.29) is 0 Å². The topological polar surface area (TPSA) is 60.7 Å². The summed E-state index contributed by atoms with van der Waals surface area (Å²) in [5, 5.41) is 6.91. The number of hydrogen-bond donors (Lipinski definition) is 2. The molecule has 0 radical (unpaired) electrons. The number of hydrogen-bond acceptors (Lipinski definition) is 4. The molecule has 27 heavy (non-hydrogen) atoms. The summed E-state index contributed by atoms with van der Waals surface area (Å²) in [5.41, 5.74) is 2.28. The Morgan fingerprint density at radius 1 is 1.22 bits per heavy atom. The van der Waals surface area contributed by atoms with Crippen molar-refractivity contribution >= 4 is 17.0 Å². The second-order valence-corrected chi connectivity index (χ2v) is 7.43. The molecule has 1 aliphatic heterocycles. The predicted octanol–water partition coefficient (Wildman–Crippen LogP) is 1.15. The minimum absolute atomic E-state index is 0.516. The third-order valence-corrected chi connectivity index (χ3v) is 5.41. The van der Waals surface area contributed by atoms with Crippen LogP contribution in [0.25, 0.3) is 11.0 Å². The number of nitrogens with one attached hydrogen (secondary N) is 2. The Morgan fingerprint density at radius 3 is 2.85 bits per heavy atom. The summed E-state index contributed by atoms with van der Waals surface area (Å²) in [5.74, 6) is 1.95. The molecule has 3 rings (SSSR count). The van der Waals surface area contributed by atoms with E-state index in [2.05, 4.69) is 74.2 Å². The molecule has 7 nitrogen and oxygen atoms in total. The van der Waals surface area contributed by atoms with Crippen LogP contribution in [-0.4, -0.2) is 85.2 Å². The van der Waals surface area contributed by atoms with Gasteiger partial charge in [0.05, 0.1) is 11.0 Å². The van der Waals surface area contributed by atoms with Gasteiger partial charge in [-0.05, 0) is 39.6 Å². The number of para-hydroxylation sites is 2. The zero-order valence-electron chi connectivity index (χ0n) is 17.1. The number of benzene rings is 1. The molecule has 1 aromatic carbocycles. The lowest BCUT2D eigenvalue weighted by atomic mass is 10.2. The number of piperazine rings is 1. The summed E-state index contributed by atoms with van der Waals surface area (Å²) < 4.78 is 2.29. The van der Waals surface area contributed by atoms with Crippen LogP contribution in [0.3, 0.4) is 0 Å². The second-order valence-electron chi connectivity index (χ2n) is 7.43. The van der Waals surface area contributed by atoms with Gasteiger partial charge in [-0.2, -0.15) is 0 Å². The maximum absolute atomic E-state index is 4.64. The van der Waals surface area contributed by atoms with Crippen molar-refractivity contribution < 1.29 is 0 Å². The SMILES string of the molecule is CN=C(NCCCn1c(C)nc2ccccc21)NCC1CN(C)CCN1C. The molecular weight excluding hydrogens is 338 g/mol. The highest BCUT2D eigenvalue weighted by Gasteiger charge is 2.21. The Hall–Kier alpha value is -2.12. The number of fused-ring (bicyclic) bond motifs is 1. The van der Waals surface area contributed by atoms with Gasteiger partial charge in [0.1, 0.15) is 5.82 Å². The molecule has 0 amide bonds. The fourth-order valence-corrected chi connectivity index (χ4v) is 3.68. The molecule has 2 N–H and O–H groups in total. The van der Waals surface area contributed by atoms with Crippen LogP contribution in [-0.2, 0) is 6.54 Å². The molecular formula is C20H33N7. The number of aliphatic imine (C=N–C) groups is 1. The van der Waals surface area contributed by atoms with Crippen LogP contribution in [0, 0.1) is 6.92 Å². The van der Waals surface area contributed by atoms with Crippen molar-refractivity contribution in [2.75, 3.05) is 53.9 Å². The molecule has 2 aromatic rings. The lowest BCUT2D eigenvalue weighted by Crippen LogP contribution is -2.55. The number of likely N-dealkylation sites (N-methyl/N-ethyl adjacent to an activating group) is 2. The minimum atomic E-state index is 0.516. The first-order valence-electron chi connectivity index (χ1n) is 9.83. The number of aryl methyl sites for hydroxylation is 2. The van der Waals surface area contributed by atoms with Gasteiger partial charge in [0, 0.05) is 52.4 Å². The monoisotopic (exact) mass is 371 g/mol. The summed E-state index contributed by atoms with van der Waals surface area (Å²) in [7, 11) is 6.22. The fourth-order valence-electron chi connectivity index (χ4n) is 3.68. The van der Waals surface area contributed by atoms with Gasteiger partial charge in [-0.25, -0.2) is 4.98 Å². The van der Waals surface area contributed by atoms with E-state index < -0.39 is 0 Å². The molecule has 0 aliphatic carbocycles. The van der Waals surface area contributed by atoms with Crippen LogP contribution in [0.15, 0.2) is 29.3 Å². The molecule has 0 saturated carbocycles. The van der Waals surface area contributed by atoms with Gasteiger partial charge in [-0.3, -0.25) is 9.89 Å². The van der Waals surface area contributed by atoms with Crippen molar-refractivity contribution in [3.63, 3.8) is 0 Å². The molecule has 1 aromatic heterocycles. The predicted molar refractivity (Wildman–Crippen MR) is 112 cm³/mol. The quantitative estimate of drug-likeness (QED) is 0.453. The zero-order chi connectivity index (χ0) is 19.2. The molecule has 1 saturated heterocycles. The Labute approximate surface area is 162 Å². The summed E-state index contributed by atoms with van der Waals surface area (Å²) in [6.07, 6.45) is 1.02. The van der Waals surface area contributed by atoms with E-state index in [1.807, 2.05) is 13.1 Å². The number of rotatable bonds is 6. The van der Waals surface area contributed by atoms with Gasteiger partial charge in [0.25, 0.3) is 0 Å². The Morgan fingerprint density at radius 2 is 2.04 bits per heavy atom. The van der Waals surface area contributed by atoms with Crippen LogP contribution in [0.5, 0.6) is 0 Å². The Kier molecular flexibility index (Phi) is 6.68. The lowest BCUT2D eigenvalue weighted by molar-refractivity contribution is 0.116. The molecule has 7 heteroatoms. The first kappa shape index (κ1) is 19.6. The molecule has 2 heterocycles. The van der Waals surface area contributed by atoms with E-state index in [1.165, 1.54) is 5.52 Å². The van der Waals surface area contributed by atoms with Gasteiger partial charge < -0.3 is 20.1 Å². The van der Waals surface area contributed by atoms with Crippen LogP contribution in [0.2, 0.25) is 0 Å². The van der Waals surface area contributed by atoms with E-state index in [4.69, 9.17) is 0 Å². The third-order valence-electron chi connectivity index (χ3n) is 5.41. The number of imidazole rings is 1. The maximum Gasteiger partial charge on any atom is 0.191 e. The highest BCUT2D eigenvalue weighted by molar-refractivity contribution is 5.79. The van der Waals surface area contributed by atoms with Gasteiger partial charge >= 0.3 is 0 Å². The minimum Gasteiger partial charge on any atom is -0.356 e. The van der Waals surface area contributed by atoms with Gasteiger partial charge in [-0.1, -0.05) is 12.1 Å². The van der Waals surface area contributed by atoms with E-state index in [0.29, 0.717) is 6.04 Å². The highest BCUT2D eigenvalue weighted by atomic mass is 15.3. The molecule has 1 aliphatic rings. The highest BCUT2D eigenvalue weighted by Crippen LogP contribution is 2.15. The van der Waals surface area contributed by atoms with Gasteiger partial charge in [-0.15, -0.1) is 0 Å². The smallest absolute Gasteiger partial charge is 0.191 e. The Balaban J connectivity index is 1.44. The van der Waals surface area contributed by atoms with E-state index in [1.54, 1.807) is 0 Å². The summed E-state index contributed by atoms with van der Waals surface area (Å²) >= 11 is 0. The molecule has 1 fully saturated rings. The molecule has 148 valence electrons. The maximum atomic E-state index is 4.64. The largest absolute Gasteiger partial charge is 0.356 e. The van der Waals surface area contributed by atoms with Crippen molar-refractivity contribution in [2.24, 2.45) is 4.99 Å². The lowest BCUT2D eigenvalue weighted by Gasteiger charge is -2.37. The average Bonchev–Trinajstić information content (AvgIpc) is 2.99. The second kappa shape index (κ2) is 9.19. The first-order valence-corrected chi connectivity index (χ1v) is 9.83. The van der Waals surface area contributed by atoms with Crippen LogP contribution < -0.4 is 10.6 Å². The first-order chi connectivity index (χ1) is 13.1. The van der Waals surface area contributed by atoms with Gasteiger partial charge in [0.2, 0.25) is 0 Å². The van der Waals surface area contributed by atoms with Crippen molar-refractivity contribution in [3.05, 3.63) is 30.1 Å². The molecule has 0 spiro atoms. The van der Waals surface area contributed by atoms with Crippen LogP contribution in [0.4, 0.5) is 0 Å². The molecule has 1 atom stereocenters.